The first-order valence-electron chi connectivity index (χ1n) is 8.33. The van der Waals surface area contributed by atoms with Crippen molar-refractivity contribution >= 4 is 39.1 Å². The Morgan fingerprint density at radius 3 is 2.50 bits per heavy atom. The molecule has 0 radical (unpaired) electrons. The zero-order valence-corrected chi connectivity index (χ0v) is 16.4. The summed E-state index contributed by atoms with van der Waals surface area (Å²) in [5, 5.41) is 5.07. The van der Waals surface area contributed by atoms with Crippen LogP contribution in [0, 0.1) is 5.82 Å². The van der Waals surface area contributed by atoms with Gasteiger partial charge in [-0.1, -0.05) is 34.1 Å². The molecule has 0 fully saturated rings. The van der Waals surface area contributed by atoms with Gasteiger partial charge < -0.3 is 15.4 Å². The summed E-state index contributed by atoms with van der Waals surface area (Å²) in [6.45, 7) is 1.28. The molecule has 0 aromatic heterocycles. The van der Waals surface area contributed by atoms with Crippen LogP contribution in [-0.2, 0) is 4.79 Å². The number of ether oxygens (including phenoxy) is 1. The highest BCUT2D eigenvalue weighted by Crippen LogP contribution is 2.28. The summed E-state index contributed by atoms with van der Waals surface area (Å²) in [5.41, 5.74) is 0.643. The molecule has 142 valence electrons. The van der Waals surface area contributed by atoms with Crippen molar-refractivity contribution in [3.05, 3.63) is 82.6 Å². The molecular formula is C21H16BrFN2O3. The lowest BCUT2D eigenvalue weighted by Gasteiger charge is -2.12. The standard InChI is InChI=1S/C21H16BrFN2O3/c1-13(26)24-19-12-15(9-10-18(19)23)25-21(27)17-7-2-3-8-20(17)28-16-6-4-5-14(22)11-16/h2-12H,1H3,(H,24,26)(H,25,27). The number of para-hydroxylation sites is 1. The highest BCUT2D eigenvalue weighted by atomic mass is 79.9. The zero-order chi connectivity index (χ0) is 20.1. The molecular weight excluding hydrogens is 427 g/mol. The Labute approximate surface area is 169 Å². The van der Waals surface area contributed by atoms with Crippen LogP contribution in [0.1, 0.15) is 17.3 Å². The van der Waals surface area contributed by atoms with Crippen LogP contribution >= 0.6 is 15.9 Å². The number of rotatable bonds is 5. The molecule has 7 heteroatoms. The van der Waals surface area contributed by atoms with Gasteiger partial charge in [0.1, 0.15) is 17.3 Å². The molecule has 5 nitrogen and oxygen atoms in total. The Morgan fingerprint density at radius 2 is 1.75 bits per heavy atom. The second-order valence-corrected chi connectivity index (χ2v) is 6.80. The zero-order valence-electron chi connectivity index (χ0n) is 14.8. The van der Waals surface area contributed by atoms with E-state index in [-0.39, 0.29) is 5.69 Å². The maximum atomic E-state index is 13.8. The molecule has 3 aromatic rings. The van der Waals surface area contributed by atoms with Crippen molar-refractivity contribution < 1.29 is 18.7 Å². The highest BCUT2D eigenvalue weighted by molar-refractivity contribution is 9.10. The fraction of sp³-hybridized carbons (Fsp3) is 0.0476. The van der Waals surface area contributed by atoms with E-state index in [1.165, 1.54) is 25.1 Å². The second-order valence-electron chi connectivity index (χ2n) is 5.89. The van der Waals surface area contributed by atoms with E-state index in [9.17, 15) is 14.0 Å². The minimum atomic E-state index is -0.591. The summed E-state index contributed by atoms with van der Waals surface area (Å²) in [5.74, 6) is -0.473. The lowest BCUT2D eigenvalue weighted by atomic mass is 10.1. The maximum absolute atomic E-state index is 13.8. The Bertz CT molecular complexity index is 1040. The smallest absolute Gasteiger partial charge is 0.259 e. The van der Waals surface area contributed by atoms with E-state index < -0.39 is 17.6 Å². The molecule has 3 rings (SSSR count). The van der Waals surface area contributed by atoms with Gasteiger partial charge in [-0.2, -0.15) is 0 Å². The number of anilines is 2. The first-order chi connectivity index (χ1) is 13.4. The Hall–Kier alpha value is -3.19. The fourth-order valence-electron chi connectivity index (χ4n) is 2.49. The van der Waals surface area contributed by atoms with Gasteiger partial charge in [-0.3, -0.25) is 9.59 Å². The van der Waals surface area contributed by atoms with Gasteiger partial charge in [0.15, 0.2) is 0 Å². The number of hydrogen-bond acceptors (Lipinski definition) is 3. The van der Waals surface area contributed by atoms with Crippen LogP contribution in [0.15, 0.2) is 71.2 Å². The van der Waals surface area contributed by atoms with Crippen molar-refractivity contribution in [3.8, 4) is 11.5 Å². The Balaban J connectivity index is 1.83. The molecule has 0 spiro atoms. The number of benzene rings is 3. The minimum absolute atomic E-state index is 0.0102. The van der Waals surface area contributed by atoms with Gasteiger partial charge in [0, 0.05) is 17.1 Å². The van der Waals surface area contributed by atoms with Crippen LogP contribution < -0.4 is 15.4 Å². The Kier molecular flexibility index (Phi) is 6.06. The monoisotopic (exact) mass is 442 g/mol. The van der Waals surface area contributed by atoms with Crippen LogP contribution in [-0.4, -0.2) is 11.8 Å². The molecule has 0 heterocycles. The number of hydrogen-bond donors (Lipinski definition) is 2. The van der Waals surface area contributed by atoms with E-state index in [4.69, 9.17) is 4.74 Å². The SMILES string of the molecule is CC(=O)Nc1cc(NC(=O)c2ccccc2Oc2cccc(Br)c2)ccc1F. The predicted octanol–water partition coefficient (Wildman–Crippen LogP) is 5.59. The van der Waals surface area contributed by atoms with Gasteiger partial charge in [-0.05, 0) is 48.5 Å². The van der Waals surface area contributed by atoms with Gasteiger partial charge in [0.2, 0.25) is 5.91 Å². The highest BCUT2D eigenvalue weighted by Gasteiger charge is 2.14. The summed E-state index contributed by atoms with van der Waals surface area (Å²) in [4.78, 5) is 23.9. The van der Waals surface area contributed by atoms with E-state index >= 15 is 0 Å². The summed E-state index contributed by atoms with van der Waals surface area (Å²) < 4.78 is 20.5. The van der Waals surface area contributed by atoms with Crippen molar-refractivity contribution in [2.24, 2.45) is 0 Å². The van der Waals surface area contributed by atoms with Crippen LogP contribution in [0.4, 0.5) is 15.8 Å². The molecule has 0 aliphatic carbocycles. The first-order valence-corrected chi connectivity index (χ1v) is 9.12. The van der Waals surface area contributed by atoms with E-state index in [1.54, 1.807) is 36.4 Å². The van der Waals surface area contributed by atoms with E-state index in [0.717, 1.165) is 4.47 Å². The molecule has 2 amide bonds. The molecule has 28 heavy (non-hydrogen) atoms. The van der Waals surface area contributed by atoms with Crippen LogP contribution in [0.3, 0.4) is 0 Å². The predicted molar refractivity (Wildman–Crippen MR) is 109 cm³/mol. The third-order valence-corrected chi connectivity index (χ3v) is 4.18. The molecule has 0 bridgehead atoms. The van der Waals surface area contributed by atoms with Crippen molar-refractivity contribution in [3.63, 3.8) is 0 Å². The van der Waals surface area contributed by atoms with Gasteiger partial charge in [-0.15, -0.1) is 0 Å². The average molecular weight is 443 g/mol. The molecule has 0 saturated carbocycles. The quantitative estimate of drug-likeness (QED) is 0.540. The topological polar surface area (TPSA) is 67.4 Å². The molecule has 0 aliphatic rings. The maximum Gasteiger partial charge on any atom is 0.259 e. The number of amides is 2. The first kappa shape index (κ1) is 19.6. The van der Waals surface area contributed by atoms with Crippen LogP contribution in [0.2, 0.25) is 0 Å². The Morgan fingerprint density at radius 1 is 0.964 bits per heavy atom. The molecule has 0 unspecified atom stereocenters. The number of halogens is 2. The molecule has 3 aromatic carbocycles. The van der Waals surface area contributed by atoms with Gasteiger partial charge >= 0.3 is 0 Å². The summed E-state index contributed by atoms with van der Waals surface area (Å²) in [6, 6.07) is 18.0. The van der Waals surface area contributed by atoms with Gasteiger partial charge in [-0.25, -0.2) is 4.39 Å². The lowest BCUT2D eigenvalue weighted by molar-refractivity contribution is -0.114. The van der Waals surface area contributed by atoms with Crippen molar-refractivity contribution in [2.75, 3.05) is 10.6 Å². The average Bonchev–Trinajstić information content (AvgIpc) is 2.64. The second kappa shape index (κ2) is 8.67. The normalized spacial score (nSPS) is 10.2. The van der Waals surface area contributed by atoms with E-state index in [2.05, 4.69) is 26.6 Å². The number of carbonyl (C=O) groups is 2. The molecule has 2 N–H and O–H groups in total. The van der Waals surface area contributed by atoms with Gasteiger partial charge in [0.25, 0.3) is 5.91 Å². The third kappa shape index (κ3) is 4.95. The largest absolute Gasteiger partial charge is 0.456 e. The van der Waals surface area contributed by atoms with Crippen molar-refractivity contribution in [1.82, 2.24) is 0 Å². The fourth-order valence-corrected chi connectivity index (χ4v) is 2.87. The summed E-state index contributed by atoms with van der Waals surface area (Å²) in [6.07, 6.45) is 0. The van der Waals surface area contributed by atoms with Crippen molar-refractivity contribution in [1.29, 1.82) is 0 Å². The van der Waals surface area contributed by atoms with Crippen LogP contribution in [0.5, 0.6) is 11.5 Å². The van der Waals surface area contributed by atoms with E-state index in [1.807, 2.05) is 12.1 Å². The minimum Gasteiger partial charge on any atom is -0.456 e. The third-order valence-electron chi connectivity index (χ3n) is 3.69. The summed E-state index contributed by atoms with van der Waals surface area (Å²) in [7, 11) is 0. The van der Waals surface area contributed by atoms with Gasteiger partial charge in [0.05, 0.1) is 11.3 Å². The molecule has 0 atom stereocenters. The number of nitrogens with one attached hydrogen (secondary N) is 2. The lowest BCUT2D eigenvalue weighted by Crippen LogP contribution is -2.14. The number of carbonyl (C=O) groups excluding carboxylic acids is 2. The van der Waals surface area contributed by atoms with Crippen LogP contribution in [0.25, 0.3) is 0 Å². The molecule has 0 saturated heterocycles. The molecule has 0 aliphatic heterocycles. The van der Waals surface area contributed by atoms with Crippen molar-refractivity contribution in [2.45, 2.75) is 6.92 Å². The van der Waals surface area contributed by atoms with E-state index in [0.29, 0.717) is 22.7 Å². The summed E-state index contributed by atoms with van der Waals surface area (Å²) >= 11 is 3.38.